The molecular formula is C17H19ClN6O. The first-order valence-electron chi connectivity index (χ1n) is 8.25. The molecular weight excluding hydrogens is 340 g/mol. The second-order valence-electron chi connectivity index (χ2n) is 6.04. The zero-order chi connectivity index (χ0) is 17.2. The van der Waals surface area contributed by atoms with Crippen LogP contribution in [-0.2, 0) is 11.2 Å². The average molecular weight is 359 g/mol. The fraction of sp³-hybridized carbons (Fsp3) is 0.353. The smallest absolute Gasteiger partial charge is 0.166 e. The lowest BCUT2D eigenvalue weighted by Crippen LogP contribution is -2.17. The van der Waals surface area contributed by atoms with E-state index in [1.54, 1.807) is 13.2 Å². The van der Waals surface area contributed by atoms with Crippen molar-refractivity contribution in [2.24, 2.45) is 0 Å². The van der Waals surface area contributed by atoms with Gasteiger partial charge in [-0.3, -0.25) is 0 Å². The number of halogens is 1. The van der Waals surface area contributed by atoms with E-state index in [9.17, 15) is 0 Å². The molecule has 1 fully saturated rings. The summed E-state index contributed by atoms with van der Waals surface area (Å²) in [7, 11) is 1.79. The summed E-state index contributed by atoms with van der Waals surface area (Å²) in [5.41, 5.74) is 7.86. The minimum absolute atomic E-state index is 0.105. The first-order chi connectivity index (χ1) is 12.2. The van der Waals surface area contributed by atoms with Crippen LogP contribution >= 0.6 is 11.6 Å². The van der Waals surface area contributed by atoms with Crippen LogP contribution in [0.25, 0.3) is 11.0 Å². The average Bonchev–Trinajstić information content (AvgIpc) is 3.24. The fourth-order valence-corrected chi connectivity index (χ4v) is 3.32. The molecule has 25 heavy (non-hydrogen) atoms. The number of rotatable bonds is 5. The van der Waals surface area contributed by atoms with Gasteiger partial charge < -0.3 is 10.2 Å². The highest BCUT2D eigenvalue weighted by Crippen LogP contribution is 2.32. The molecule has 0 aliphatic carbocycles. The summed E-state index contributed by atoms with van der Waals surface area (Å²) in [5, 5.41) is 6.09. The van der Waals surface area contributed by atoms with E-state index in [-0.39, 0.29) is 12.3 Å². The maximum atomic E-state index is 6.22. The monoisotopic (exact) mass is 358 g/mol. The number of nitrogens with zero attached hydrogens (tertiary/aromatic N) is 4. The molecule has 0 saturated carbocycles. The van der Waals surface area contributed by atoms with Crippen molar-refractivity contribution in [1.29, 1.82) is 0 Å². The molecule has 0 spiro atoms. The van der Waals surface area contributed by atoms with Crippen molar-refractivity contribution in [3.63, 3.8) is 0 Å². The molecule has 2 unspecified atom stereocenters. The molecule has 7 nitrogen and oxygen atoms in total. The van der Waals surface area contributed by atoms with Crippen molar-refractivity contribution in [2.75, 3.05) is 12.5 Å². The van der Waals surface area contributed by atoms with Gasteiger partial charge in [0.25, 0.3) is 0 Å². The summed E-state index contributed by atoms with van der Waals surface area (Å²) in [6.07, 6.45) is 6.13. The van der Waals surface area contributed by atoms with Crippen molar-refractivity contribution >= 4 is 28.5 Å². The van der Waals surface area contributed by atoms with Crippen LogP contribution in [0, 0.1) is 0 Å². The number of fused-ring (bicyclic) bond motifs is 1. The number of anilines is 1. The topological polar surface area (TPSA) is 76.9 Å². The largest absolute Gasteiger partial charge is 0.353 e. The lowest BCUT2D eigenvalue weighted by atomic mass is 10.1. The van der Waals surface area contributed by atoms with Gasteiger partial charge in [0.05, 0.1) is 17.7 Å². The lowest BCUT2D eigenvalue weighted by molar-refractivity contribution is -0.00227. The first-order valence-corrected chi connectivity index (χ1v) is 8.63. The maximum absolute atomic E-state index is 6.22. The van der Waals surface area contributed by atoms with Gasteiger partial charge in [0, 0.05) is 12.1 Å². The summed E-state index contributed by atoms with van der Waals surface area (Å²) in [5.74, 6) is 0.703. The van der Waals surface area contributed by atoms with E-state index < -0.39 is 0 Å². The molecule has 0 amide bonds. The van der Waals surface area contributed by atoms with Crippen LogP contribution in [0.3, 0.4) is 0 Å². The molecule has 3 heterocycles. The highest BCUT2D eigenvalue weighted by atomic mass is 35.5. The van der Waals surface area contributed by atoms with Crippen LogP contribution in [-0.4, -0.2) is 32.9 Å². The lowest BCUT2D eigenvalue weighted by Gasteiger charge is -2.15. The normalized spacial score (nSPS) is 20.2. The number of hydrogen-bond donors (Lipinski definition) is 2. The van der Waals surface area contributed by atoms with Gasteiger partial charge in [0.2, 0.25) is 0 Å². The van der Waals surface area contributed by atoms with Crippen LogP contribution in [0.2, 0.25) is 5.02 Å². The van der Waals surface area contributed by atoms with Crippen LogP contribution in [0.1, 0.15) is 24.6 Å². The van der Waals surface area contributed by atoms with Gasteiger partial charge in [-0.2, -0.15) is 5.10 Å². The SMILES string of the molecule is CNNc1ncnc2c1cnn2C1CCC(Cc2ccc(Cl)cc2)O1. The molecule has 1 aliphatic rings. The van der Waals surface area contributed by atoms with Crippen LogP contribution in [0.15, 0.2) is 36.8 Å². The summed E-state index contributed by atoms with van der Waals surface area (Å²) in [6.45, 7) is 0. The molecule has 1 saturated heterocycles. The fourth-order valence-electron chi connectivity index (χ4n) is 3.19. The van der Waals surface area contributed by atoms with E-state index in [1.165, 1.54) is 11.9 Å². The zero-order valence-electron chi connectivity index (χ0n) is 13.8. The van der Waals surface area contributed by atoms with Gasteiger partial charge in [0.1, 0.15) is 6.33 Å². The number of hydrogen-bond acceptors (Lipinski definition) is 6. The predicted molar refractivity (Wildman–Crippen MR) is 96.3 cm³/mol. The molecule has 1 aromatic carbocycles. The number of aromatic nitrogens is 4. The van der Waals surface area contributed by atoms with Crippen molar-refractivity contribution in [3.05, 3.63) is 47.4 Å². The molecule has 1 aliphatic heterocycles. The minimum atomic E-state index is -0.105. The molecule has 3 aromatic rings. The van der Waals surface area contributed by atoms with Gasteiger partial charge in [0.15, 0.2) is 17.7 Å². The third kappa shape index (κ3) is 3.30. The van der Waals surface area contributed by atoms with Crippen LogP contribution < -0.4 is 10.9 Å². The van der Waals surface area contributed by atoms with Gasteiger partial charge in [-0.25, -0.2) is 20.1 Å². The van der Waals surface area contributed by atoms with E-state index in [1.807, 2.05) is 28.9 Å². The standard InChI is InChI=1S/C17H19ClN6O/c1-19-23-16-14-9-22-24(17(14)21-10-20-16)15-7-6-13(25-15)8-11-2-4-12(18)5-3-11/h2-5,9-10,13,15,19H,6-8H2,1H3,(H,20,21,23). The summed E-state index contributed by atoms with van der Waals surface area (Å²) in [4.78, 5) is 8.60. The number of hydrazine groups is 1. The highest BCUT2D eigenvalue weighted by Gasteiger charge is 2.29. The Labute approximate surface area is 150 Å². The Morgan fingerprint density at radius 2 is 2.08 bits per heavy atom. The van der Waals surface area contributed by atoms with E-state index >= 15 is 0 Å². The van der Waals surface area contributed by atoms with Crippen molar-refractivity contribution in [1.82, 2.24) is 25.2 Å². The third-order valence-electron chi connectivity index (χ3n) is 4.37. The highest BCUT2D eigenvalue weighted by molar-refractivity contribution is 6.30. The van der Waals surface area contributed by atoms with E-state index in [0.29, 0.717) is 5.82 Å². The van der Waals surface area contributed by atoms with Crippen molar-refractivity contribution < 1.29 is 4.74 Å². The van der Waals surface area contributed by atoms with E-state index in [0.717, 1.165) is 35.3 Å². The molecule has 130 valence electrons. The van der Waals surface area contributed by atoms with E-state index in [2.05, 4.69) is 25.9 Å². The Hall–Kier alpha value is -2.22. The van der Waals surface area contributed by atoms with Crippen LogP contribution in [0.4, 0.5) is 5.82 Å². The third-order valence-corrected chi connectivity index (χ3v) is 4.62. The number of nitrogens with one attached hydrogen (secondary N) is 2. The quantitative estimate of drug-likeness (QED) is 0.683. The predicted octanol–water partition coefficient (Wildman–Crippen LogP) is 2.95. The Balaban J connectivity index is 1.51. The molecule has 8 heteroatoms. The molecule has 2 atom stereocenters. The Bertz CT molecular complexity index is 865. The summed E-state index contributed by atoms with van der Waals surface area (Å²) in [6, 6.07) is 7.92. The van der Waals surface area contributed by atoms with Gasteiger partial charge >= 0.3 is 0 Å². The number of benzene rings is 1. The molecule has 2 N–H and O–H groups in total. The van der Waals surface area contributed by atoms with E-state index in [4.69, 9.17) is 16.3 Å². The van der Waals surface area contributed by atoms with Crippen molar-refractivity contribution in [3.8, 4) is 0 Å². The van der Waals surface area contributed by atoms with Crippen molar-refractivity contribution in [2.45, 2.75) is 31.6 Å². The van der Waals surface area contributed by atoms with Gasteiger partial charge in [-0.05, 0) is 37.0 Å². The number of ether oxygens (including phenoxy) is 1. The molecule has 2 aromatic heterocycles. The maximum Gasteiger partial charge on any atom is 0.166 e. The zero-order valence-corrected chi connectivity index (χ0v) is 14.6. The first kappa shape index (κ1) is 16.3. The Morgan fingerprint density at radius 3 is 2.88 bits per heavy atom. The minimum Gasteiger partial charge on any atom is -0.353 e. The summed E-state index contributed by atoms with van der Waals surface area (Å²) >= 11 is 5.95. The Morgan fingerprint density at radius 1 is 1.24 bits per heavy atom. The molecule has 0 bridgehead atoms. The Kier molecular flexibility index (Phi) is 4.52. The molecule has 4 rings (SSSR count). The van der Waals surface area contributed by atoms with Gasteiger partial charge in [-0.15, -0.1) is 0 Å². The summed E-state index contributed by atoms with van der Waals surface area (Å²) < 4.78 is 8.07. The second-order valence-corrected chi connectivity index (χ2v) is 6.48. The van der Waals surface area contributed by atoms with Crippen LogP contribution in [0.5, 0.6) is 0 Å². The second kappa shape index (κ2) is 6.95. The molecule has 0 radical (unpaired) electrons. The van der Waals surface area contributed by atoms with Gasteiger partial charge in [-0.1, -0.05) is 23.7 Å².